The van der Waals surface area contributed by atoms with E-state index in [1.165, 1.54) is 12.1 Å². The van der Waals surface area contributed by atoms with Gasteiger partial charge < -0.3 is 11.1 Å². The number of nitrogens with one attached hydrogen (secondary N) is 1. The van der Waals surface area contributed by atoms with E-state index in [1.807, 2.05) is 0 Å². The molecule has 1 aliphatic carbocycles. The SMILES string of the molecule is NC1CCCCC1CC(=O)Nc1ccc(F)cn1. The summed E-state index contributed by atoms with van der Waals surface area (Å²) in [6.07, 6.45) is 5.79. The molecule has 4 nitrogen and oxygen atoms in total. The molecule has 0 aliphatic heterocycles. The highest BCUT2D eigenvalue weighted by molar-refractivity contribution is 5.89. The van der Waals surface area contributed by atoms with Crippen molar-refractivity contribution in [1.82, 2.24) is 4.98 Å². The molecule has 1 aromatic heterocycles. The van der Waals surface area contributed by atoms with Crippen LogP contribution in [0.15, 0.2) is 18.3 Å². The minimum Gasteiger partial charge on any atom is -0.327 e. The van der Waals surface area contributed by atoms with Gasteiger partial charge in [-0.2, -0.15) is 0 Å². The molecule has 2 atom stereocenters. The molecule has 0 saturated heterocycles. The van der Waals surface area contributed by atoms with Gasteiger partial charge in [0.05, 0.1) is 6.20 Å². The van der Waals surface area contributed by atoms with Crippen molar-refractivity contribution >= 4 is 11.7 Å². The average Bonchev–Trinajstić information content (AvgIpc) is 2.35. The minimum absolute atomic E-state index is 0.101. The third-order valence-electron chi connectivity index (χ3n) is 3.41. The van der Waals surface area contributed by atoms with Gasteiger partial charge in [0.25, 0.3) is 0 Å². The van der Waals surface area contributed by atoms with E-state index < -0.39 is 5.82 Å². The van der Waals surface area contributed by atoms with E-state index >= 15 is 0 Å². The van der Waals surface area contributed by atoms with Crippen molar-refractivity contribution in [3.8, 4) is 0 Å². The topological polar surface area (TPSA) is 68.0 Å². The van der Waals surface area contributed by atoms with Gasteiger partial charge in [0.2, 0.25) is 5.91 Å². The normalized spacial score (nSPS) is 23.7. The highest BCUT2D eigenvalue weighted by Gasteiger charge is 2.24. The fraction of sp³-hybridized carbons (Fsp3) is 0.538. The van der Waals surface area contributed by atoms with Crippen molar-refractivity contribution in [2.75, 3.05) is 5.32 Å². The molecule has 1 heterocycles. The molecular formula is C13H18FN3O. The van der Waals surface area contributed by atoms with Crippen LogP contribution in [0.25, 0.3) is 0 Å². The van der Waals surface area contributed by atoms with Gasteiger partial charge in [-0.1, -0.05) is 12.8 Å². The lowest BCUT2D eigenvalue weighted by atomic mass is 9.83. The monoisotopic (exact) mass is 251 g/mol. The maximum atomic E-state index is 12.7. The first-order valence-corrected chi connectivity index (χ1v) is 6.32. The summed E-state index contributed by atoms with van der Waals surface area (Å²) in [5.41, 5.74) is 6.00. The number of nitrogens with two attached hydrogens (primary N) is 1. The second kappa shape index (κ2) is 5.91. The van der Waals surface area contributed by atoms with Gasteiger partial charge in [-0.3, -0.25) is 4.79 Å². The van der Waals surface area contributed by atoms with Crippen LogP contribution < -0.4 is 11.1 Å². The Balaban J connectivity index is 1.86. The number of carbonyl (C=O) groups is 1. The van der Waals surface area contributed by atoms with Crippen molar-refractivity contribution in [2.45, 2.75) is 38.1 Å². The highest BCUT2D eigenvalue weighted by Crippen LogP contribution is 2.25. The number of anilines is 1. The summed E-state index contributed by atoms with van der Waals surface area (Å²) in [4.78, 5) is 15.6. The quantitative estimate of drug-likeness (QED) is 0.864. The Kier molecular flexibility index (Phi) is 4.25. The molecule has 0 aromatic carbocycles. The molecule has 1 fully saturated rings. The number of halogens is 1. The summed E-state index contributed by atoms with van der Waals surface area (Å²) in [6, 6.07) is 2.84. The average molecular weight is 251 g/mol. The third-order valence-corrected chi connectivity index (χ3v) is 3.41. The van der Waals surface area contributed by atoms with E-state index in [9.17, 15) is 9.18 Å². The van der Waals surface area contributed by atoms with Crippen LogP contribution in [0.4, 0.5) is 10.2 Å². The molecule has 1 saturated carbocycles. The molecule has 1 amide bonds. The predicted octanol–water partition coefficient (Wildman–Crippen LogP) is 2.07. The molecular weight excluding hydrogens is 233 g/mol. The third kappa shape index (κ3) is 3.50. The lowest BCUT2D eigenvalue weighted by Gasteiger charge is -2.27. The van der Waals surface area contributed by atoms with E-state index in [0.717, 1.165) is 31.9 Å². The van der Waals surface area contributed by atoms with Crippen molar-refractivity contribution < 1.29 is 9.18 Å². The standard InChI is InChI=1S/C13H18FN3O/c14-10-5-6-12(16-8-10)17-13(18)7-9-3-1-2-4-11(9)15/h5-6,8-9,11H,1-4,7,15H2,(H,16,17,18). The number of hydrogen-bond acceptors (Lipinski definition) is 3. The second-order valence-electron chi connectivity index (χ2n) is 4.82. The lowest BCUT2D eigenvalue weighted by Crippen LogP contribution is -2.35. The number of carbonyl (C=O) groups excluding carboxylic acids is 1. The number of amides is 1. The van der Waals surface area contributed by atoms with Gasteiger partial charge >= 0.3 is 0 Å². The first-order valence-electron chi connectivity index (χ1n) is 6.32. The number of hydrogen-bond donors (Lipinski definition) is 2. The lowest BCUT2D eigenvalue weighted by molar-refractivity contribution is -0.117. The van der Waals surface area contributed by atoms with Gasteiger partial charge in [0.1, 0.15) is 11.6 Å². The number of aromatic nitrogens is 1. The maximum Gasteiger partial charge on any atom is 0.225 e. The Bertz CT molecular complexity index is 407. The molecule has 0 bridgehead atoms. The maximum absolute atomic E-state index is 12.7. The second-order valence-corrected chi connectivity index (χ2v) is 4.82. The Morgan fingerprint density at radius 2 is 2.22 bits per heavy atom. The fourth-order valence-corrected chi connectivity index (χ4v) is 2.37. The number of pyridine rings is 1. The first-order chi connectivity index (χ1) is 8.65. The van der Waals surface area contributed by atoms with Crippen LogP contribution in [0.3, 0.4) is 0 Å². The van der Waals surface area contributed by atoms with Crippen LogP contribution in [0.1, 0.15) is 32.1 Å². The summed E-state index contributed by atoms with van der Waals surface area (Å²) in [5.74, 6) is 0.115. The summed E-state index contributed by atoms with van der Waals surface area (Å²) in [5, 5.41) is 2.66. The van der Waals surface area contributed by atoms with Crippen molar-refractivity contribution in [3.05, 3.63) is 24.1 Å². The predicted molar refractivity (Wildman–Crippen MR) is 67.4 cm³/mol. The zero-order valence-electron chi connectivity index (χ0n) is 10.2. The molecule has 5 heteroatoms. The first kappa shape index (κ1) is 13.0. The van der Waals surface area contributed by atoms with Gasteiger partial charge in [-0.15, -0.1) is 0 Å². The number of rotatable bonds is 3. The molecule has 1 aromatic rings. The van der Waals surface area contributed by atoms with E-state index in [-0.39, 0.29) is 17.9 Å². The van der Waals surface area contributed by atoms with Gasteiger partial charge in [-0.25, -0.2) is 9.37 Å². The van der Waals surface area contributed by atoms with Crippen LogP contribution in [0.2, 0.25) is 0 Å². The van der Waals surface area contributed by atoms with Crippen LogP contribution in [-0.4, -0.2) is 16.9 Å². The van der Waals surface area contributed by atoms with E-state index in [1.54, 1.807) is 0 Å². The largest absolute Gasteiger partial charge is 0.327 e. The molecule has 1 aliphatic rings. The molecule has 2 rings (SSSR count). The van der Waals surface area contributed by atoms with Gasteiger partial charge in [0.15, 0.2) is 0 Å². The van der Waals surface area contributed by atoms with Crippen molar-refractivity contribution in [2.24, 2.45) is 11.7 Å². The zero-order valence-corrected chi connectivity index (χ0v) is 10.2. The van der Waals surface area contributed by atoms with Crippen molar-refractivity contribution in [1.29, 1.82) is 0 Å². The van der Waals surface area contributed by atoms with Gasteiger partial charge in [-0.05, 0) is 30.9 Å². The fourth-order valence-electron chi connectivity index (χ4n) is 2.37. The van der Waals surface area contributed by atoms with Gasteiger partial charge in [0, 0.05) is 12.5 Å². The summed E-state index contributed by atoms with van der Waals surface area (Å²) < 4.78 is 12.7. The Morgan fingerprint density at radius 3 is 2.89 bits per heavy atom. The summed E-state index contributed by atoms with van der Waals surface area (Å²) >= 11 is 0. The Labute approximate surface area is 106 Å². The van der Waals surface area contributed by atoms with Crippen LogP contribution in [0, 0.1) is 11.7 Å². The Hall–Kier alpha value is -1.49. The summed E-state index contributed by atoms with van der Waals surface area (Å²) in [6.45, 7) is 0. The molecule has 0 radical (unpaired) electrons. The Morgan fingerprint density at radius 1 is 1.44 bits per heavy atom. The minimum atomic E-state index is -0.415. The van der Waals surface area contributed by atoms with E-state index in [4.69, 9.17) is 5.73 Å². The van der Waals surface area contributed by atoms with E-state index in [0.29, 0.717) is 12.2 Å². The molecule has 18 heavy (non-hydrogen) atoms. The molecule has 0 spiro atoms. The van der Waals surface area contributed by atoms with Crippen LogP contribution >= 0.6 is 0 Å². The molecule has 98 valence electrons. The summed E-state index contributed by atoms with van der Waals surface area (Å²) in [7, 11) is 0. The molecule has 2 unspecified atom stereocenters. The van der Waals surface area contributed by atoms with Crippen molar-refractivity contribution in [3.63, 3.8) is 0 Å². The van der Waals surface area contributed by atoms with Crippen LogP contribution in [0.5, 0.6) is 0 Å². The molecule has 3 N–H and O–H groups in total. The zero-order chi connectivity index (χ0) is 13.0. The number of nitrogens with zero attached hydrogens (tertiary/aromatic N) is 1. The smallest absolute Gasteiger partial charge is 0.225 e. The highest BCUT2D eigenvalue weighted by atomic mass is 19.1. The van der Waals surface area contributed by atoms with E-state index in [2.05, 4.69) is 10.3 Å². The van der Waals surface area contributed by atoms with Crippen LogP contribution in [-0.2, 0) is 4.79 Å².